The van der Waals surface area contributed by atoms with Gasteiger partial charge in [0, 0.05) is 0 Å². The highest BCUT2D eigenvalue weighted by Crippen LogP contribution is 2.51. The largest absolute Gasteiger partial charge is 0.229 e. The molecule has 2 aromatic heterocycles. The summed E-state index contributed by atoms with van der Waals surface area (Å²) in [6.07, 6.45) is 0. The van der Waals surface area contributed by atoms with E-state index in [9.17, 15) is 0 Å². The second-order valence-electron chi connectivity index (χ2n) is 4.20. The molecule has 0 aliphatic carbocycles. The molecule has 0 radical (unpaired) electrons. The fourth-order valence-electron chi connectivity index (χ4n) is 1.86. The predicted molar refractivity (Wildman–Crippen MR) is 106 cm³/mol. The molecule has 0 saturated carbocycles. The van der Waals surface area contributed by atoms with Crippen LogP contribution in [0.2, 0.25) is 0 Å². The van der Waals surface area contributed by atoms with Gasteiger partial charge in [-0.1, -0.05) is 24.3 Å². The van der Waals surface area contributed by atoms with Gasteiger partial charge in [0.2, 0.25) is 0 Å². The summed E-state index contributed by atoms with van der Waals surface area (Å²) in [7, 11) is 6.91. The number of aromatic nitrogens is 2. The van der Waals surface area contributed by atoms with Crippen LogP contribution in [0.25, 0.3) is 20.4 Å². The summed E-state index contributed by atoms with van der Waals surface area (Å²) in [5.41, 5.74) is 2.17. The minimum Gasteiger partial charge on any atom is -0.229 e. The molecule has 0 bridgehead atoms. The predicted octanol–water partition coefficient (Wildman–Crippen LogP) is 7.00. The highest BCUT2D eigenvalue weighted by atomic mass is 33.7. The molecule has 0 aliphatic rings. The molecule has 0 spiro atoms. The van der Waals surface area contributed by atoms with Gasteiger partial charge in [-0.2, -0.15) is 0 Å². The van der Waals surface area contributed by atoms with E-state index in [4.69, 9.17) is 0 Å². The Bertz CT molecular complexity index is 774. The first-order valence-electron chi connectivity index (χ1n) is 6.27. The average molecular weight is 397 g/mol. The second kappa shape index (κ2) is 7.02. The van der Waals surface area contributed by atoms with Crippen LogP contribution >= 0.6 is 63.9 Å². The van der Waals surface area contributed by atoms with Crippen molar-refractivity contribution in [3.63, 3.8) is 0 Å². The summed E-state index contributed by atoms with van der Waals surface area (Å²) in [5, 5.41) is 0. The first kappa shape index (κ1) is 15.2. The molecule has 2 nitrogen and oxygen atoms in total. The molecular weight excluding hydrogens is 389 g/mol. The van der Waals surface area contributed by atoms with Crippen molar-refractivity contribution in [2.75, 3.05) is 0 Å². The molecular formula is C14H8N2S6. The van der Waals surface area contributed by atoms with Gasteiger partial charge in [-0.3, -0.25) is 0 Å². The van der Waals surface area contributed by atoms with Crippen molar-refractivity contribution in [1.29, 1.82) is 0 Å². The van der Waals surface area contributed by atoms with Gasteiger partial charge in [-0.05, 0) is 65.5 Å². The van der Waals surface area contributed by atoms with Gasteiger partial charge in [0.1, 0.15) is 0 Å². The molecule has 0 N–H and O–H groups in total. The minimum absolute atomic E-state index is 1.08. The van der Waals surface area contributed by atoms with Crippen molar-refractivity contribution in [2.45, 2.75) is 8.68 Å². The van der Waals surface area contributed by atoms with Crippen molar-refractivity contribution in [1.82, 2.24) is 9.97 Å². The second-order valence-corrected chi connectivity index (χ2v) is 12.4. The Hall–Kier alpha value is -0.380. The van der Waals surface area contributed by atoms with Gasteiger partial charge >= 0.3 is 0 Å². The lowest BCUT2D eigenvalue weighted by molar-refractivity contribution is 1.31. The third-order valence-electron chi connectivity index (χ3n) is 2.79. The van der Waals surface area contributed by atoms with Crippen molar-refractivity contribution in [2.24, 2.45) is 0 Å². The summed E-state index contributed by atoms with van der Waals surface area (Å²) >= 11 is 3.49. The van der Waals surface area contributed by atoms with Crippen LogP contribution in [0.4, 0.5) is 0 Å². The molecule has 0 saturated heterocycles. The molecule has 4 aromatic rings. The molecule has 4 rings (SSSR count). The van der Waals surface area contributed by atoms with Crippen LogP contribution in [0, 0.1) is 0 Å². The third-order valence-corrected chi connectivity index (χ3v) is 11.5. The Morgan fingerprint density at radius 1 is 0.636 bits per heavy atom. The number of hydrogen-bond acceptors (Lipinski definition) is 8. The van der Waals surface area contributed by atoms with Crippen molar-refractivity contribution in [3.05, 3.63) is 48.5 Å². The standard InChI is InChI=1S/C14H8N2S6/c1-3-7-11-9(5-1)15-13(17-11)19-21-22-20-14-16-10-6-2-4-8-12(10)18-14/h1-8H. The molecule has 22 heavy (non-hydrogen) atoms. The summed E-state index contributed by atoms with van der Waals surface area (Å²) in [5.74, 6) is 0. The van der Waals surface area contributed by atoms with Crippen LogP contribution in [0.3, 0.4) is 0 Å². The smallest absolute Gasteiger partial charge is 0.162 e. The van der Waals surface area contributed by atoms with Crippen molar-refractivity contribution >= 4 is 84.3 Å². The van der Waals surface area contributed by atoms with Crippen molar-refractivity contribution in [3.8, 4) is 0 Å². The Balaban J connectivity index is 1.35. The van der Waals surface area contributed by atoms with E-state index in [2.05, 4.69) is 46.4 Å². The molecule has 0 amide bonds. The number of benzene rings is 2. The highest BCUT2D eigenvalue weighted by Gasteiger charge is 2.07. The summed E-state index contributed by atoms with van der Waals surface area (Å²) in [6.45, 7) is 0. The first-order valence-corrected chi connectivity index (χ1v) is 12.7. The van der Waals surface area contributed by atoms with E-state index in [0.29, 0.717) is 0 Å². The molecule has 8 heteroatoms. The first-order chi connectivity index (χ1) is 10.9. The normalized spacial score (nSPS) is 11.5. The zero-order valence-electron chi connectivity index (χ0n) is 11.0. The Labute approximate surface area is 150 Å². The molecule has 0 unspecified atom stereocenters. The highest BCUT2D eigenvalue weighted by molar-refractivity contribution is 9.26. The van der Waals surface area contributed by atoms with Gasteiger partial charge in [0.05, 0.1) is 20.4 Å². The van der Waals surface area contributed by atoms with E-state index in [1.54, 1.807) is 63.9 Å². The Kier molecular flexibility index (Phi) is 4.84. The lowest BCUT2D eigenvalue weighted by Gasteiger charge is -1.93. The zero-order valence-corrected chi connectivity index (χ0v) is 15.9. The van der Waals surface area contributed by atoms with Crippen LogP contribution in [0.5, 0.6) is 0 Å². The number of hydrogen-bond donors (Lipinski definition) is 0. The van der Waals surface area contributed by atoms with Crippen LogP contribution < -0.4 is 0 Å². The van der Waals surface area contributed by atoms with Gasteiger partial charge in [-0.25, -0.2) is 9.97 Å². The SMILES string of the molecule is c1ccc2sc(SSSSc3nc4ccccc4s3)nc2c1. The van der Waals surface area contributed by atoms with E-state index < -0.39 is 0 Å². The number of fused-ring (bicyclic) bond motifs is 2. The van der Waals surface area contributed by atoms with E-state index in [1.807, 2.05) is 12.1 Å². The van der Waals surface area contributed by atoms with E-state index in [-0.39, 0.29) is 0 Å². The van der Waals surface area contributed by atoms with Gasteiger partial charge < -0.3 is 0 Å². The quantitative estimate of drug-likeness (QED) is 0.266. The van der Waals surface area contributed by atoms with Crippen LogP contribution in [-0.2, 0) is 0 Å². The van der Waals surface area contributed by atoms with E-state index in [0.717, 1.165) is 19.7 Å². The molecule has 2 aromatic carbocycles. The number of rotatable bonds is 5. The molecule has 0 aliphatic heterocycles. The minimum atomic E-state index is 1.08. The van der Waals surface area contributed by atoms with E-state index >= 15 is 0 Å². The maximum atomic E-state index is 4.62. The number of nitrogens with zero attached hydrogens (tertiary/aromatic N) is 2. The molecule has 0 fully saturated rings. The summed E-state index contributed by atoms with van der Waals surface area (Å²) < 4.78 is 4.69. The zero-order chi connectivity index (χ0) is 14.8. The summed E-state index contributed by atoms with van der Waals surface area (Å²) in [6, 6.07) is 16.5. The topological polar surface area (TPSA) is 25.8 Å². The van der Waals surface area contributed by atoms with Crippen LogP contribution in [-0.4, -0.2) is 9.97 Å². The fraction of sp³-hybridized carbons (Fsp3) is 0. The maximum absolute atomic E-state index is 4.62. The Morgan fingerprint density at radius 3 is 1.55 bits per heavy atom. The molecule has 2 heterocycles. The lowest BCUT2D eigenvalue weighted by Crippen LogP contribution is -1.65. The fourth-order valence-corrected chi connectivity index (χ4v) is 10.4. The summed E-state index contributed by atoms with van der Waals surface area (Å²) in [4.78, 5) is 9.23. The monoisotopic (exact) mass is 396 g/mol. The van der Waals surface area contributed by atoms with Crippen LogP contribution in [0.15, 0.2) is 57.2 Å². The average Bonchev–Trinajstić information content (AvgIpc) is 3.14. The van der Waals surface area contributed by atoms with Gasteiger partial charge in [-0.15, -0.1) is 22.7 Å². The van der Waals surface area contributed by atoms with E-state index in [1.165, 1.54) is 9.40 Å². The lowest BCUT2D eigenvalue weighted by atomic mass is 10.3. The van der Waals surface area contributed by atoms with Crippen LogP contribution in [0.1, 0.15) is 0 Å². The number of thiazole rings is 2. The van der Waals surface area contributed by atoms with Gasteiger partial charge in [0.15, 0.2) is 8.68 Å². The van der Waals surface area contributed by atoms with Crippen molar-refractivity contribution < 1.29 is 0 Å². The molecule has 0 atom stereocenters. The molecule has 110 valence electrons. The third kappa shape index (κ3) is 3.42. The maximum Gasteiger partial charge on any atom is 0.162 e. The number of para-hydroxylation sites is 2. The Morgan fingerprint density at radius 2 is 1.09 bits per heavy atom. The van der Waals surface area contributed by atoms with Gasteiger partial charge in [0.25, 0.3) is 0 Å².